The maximum absolute atomic E-state index is 12.6. The summed E-state index contributed by atoms with van der Waals surface area (Å²) in [5.74, 6) is -0.301. The minimum absolute atomic E-state index is 0.117. The fourth-order valence-corrected chi connectivity index (χ4v) is 3.65. The number of sulfonamides is 1. The smallest absolute Gasteiger partial charge is 0.251 e. The molecule has 0 fully saturated rings. The van der Waals surface area contributed by atoms with Gasteiger partial charge in [0.1, 0.15) is 0 Å². The van der Waals surface area contributed by atoms with E-state index in [2.05, 4.69) is 5.32 Å². The molecule has 0 spiro atoms. The monoisotopic (exact) mass is 360 g/mol. The molecule has 0 aliphatic heterocycles. The van der Waals surface area contributed by atoms with Crippen LogP contribution >= 0.6 is 0 Å². The van der Waals surface area contributed by atoms with Crippen molar-refractivity contribution in [3.8, 4) is 0 Å². The van der Waals surface area contributed by atoms with Crippen LogP contribution in [0.4, 0.5) is 0 Å². The van der Waals surface area contributed by atoms with Crippen molar-refractivity contribution in [1.29, 1.82) is 0 Å². The van der Waals surface area contributed by atoms with Crippen molar-refractivity contribution in [2.45, 2.75) is 38.3 Å². The van der Waals surface area contributed by atoms with E-state index in [1.165, 1.54) is 23.5 Å². The van der Waals surface area contributed by atoms with E-state index in [0.29, 0.717) is 12.1 Å². The number of hydrogen-bond acceptors (Lipinski definition) is 3. The Bertz CT molecular complexity index is 843. The van der Waals surface area contributed by atoms with Crippen molar-refractivity contribution in [1.82, 2.24) is 9.62 Å². The average Bonchev–Trinajstić information content (AvgIpc) is 2.60. The number of nitrogens with one attached hydrogen (secondary N) is 1. The van der Waals surface area contributed by atoms with Gasteiger partial charge >= 0.3 is 0 Å². The Balaban J connectivity index is 2.15. The summed E-state index contributed by atoms with van der Waals surface area (Å²) in [7, 11) is -2.08. The van der Waals surface area contributed by atoms with Gasteiger partial charge in [-0.3, -0.25) is 4.79 Å². The quantitative estimate of drug-likeness (QED) is 0.861. The van der Waals surface area contributed by atoms with Gasteiger partial charge in [0.2, 0.25) is 10.0 Å². The maximum Gasteiger partial charge on any atom is 0.251 e. The van der Waals surface area contributed by atoms with Crippen molar-refractivity contribution in [2.75, 3.05) is 7.05 Å². The number of carbonyl (C=O) groups excluding carboxylic acids is 1. The van der Waals surface area contributed by atoms with Gasteiger partial charge in [0.05, 0.1) is 4.90 Å². The number of aryl methyl sites for hydroxylation is 1. The van der Waals surface area contributed by atoms with Crippen molar-refractivity contribution in [3.63, 3.8) is 0 Å². The van der Waals surface area contributed by atoms with Crippen molar-refractivity contribution < 1.29 is 13.2 Å². The number of benzene rings is 2. The fourth-order valence-electron chi connectivity index (χ4n) is 2.23. The highest BCUT2D eigenvalue weighted by molar-refractivity contribution is 7.89. The third-order valence-corrected chi connectivity index (χ3v) is 6.10. The summed E-state index contributed by atoms with van der Waals surface area (Å²) in [4.78, 5) is 12.5. The molecule has 0 radical (unpaired) electrons. The molecule has 134 valence electrons. The van der Waals surface area contributed by atoms with Gasteiger partial charge in [0, 0.05) is 25.2 Å². The number of carbonyl (C=O) groups is 1. The van der Waals surface area contributed by atoms with E-state index in [0.717, 1.165) is 11.1 Å². The normalized spacial score (nSPS) is 11.8. The van der Waals surface area contributed by atoms with Crippen LogP contribution in [-0.4, -0.2) is 31.7 Å². The SMILES string of the molecule is Cc1ccc(CNC(=O)c2cccc(S(=O)(=O)N(C)C(C)C)c2)cc1. The Morgan fingerprint density at radius 1 is 1.12 bits per heavy atom. The molecule has 25 heavy (non-hydrogen) atoms. The highest BCUT2D eigenvalue weighted by Gasteiger charge is 2.23. The van der Waals surface area contributed by atoms with Gasteiger partial charge < -0.3 is 5.32 Å². The summed E-state index contributed by atoms with van der Waals surface area (Å²) in [5, 5.41) is 2.82. The zero-order chi connectivity index (χ0) is 18.6. The lowest BCUT2D eigenvalue weighted by Crippen LogP contribution is -2.33. The highest BCUT2D eigenvalue weighted by Crippen LogP contribution is 2.18. The standard InChI is InChI=1S/C19H24N2O3S/c1-14(2)21(4)25(23,24)18-7-5-6-17(12-18)19(22)20-13-16-10-8-15(3)9-11-16/h5-12,14H,13H2,1-4H3,(H,20,22). The summed E-state index contributed by atoms with van der Waals surface area (Å²) in [6.45, 7) is 6.00. The maximum atomic E-state index is 12.6. The largest absolute Gasteiger partial charge is 0.348 e. The molecular weight excluding hydrogens is 336 g/mol. The van der Waals surface area contributed by atoms with Crippen LogP contribution in [0.2, 0.25) is 0 Å². The van der Waals surface area contributed by atoms with Crippen LogP contribution in [0.5, 0.6) is 0 Å². The first kappa shape index (κ1) is 19.1. The van der Waals surface area contributed by atoms with E-state index in [9.17, 15) is 13.2 Å². The Labute approximate surface area is 149 Å². The van der Waals surface area contributed by atoms with E-state index in [4.69, 9.17) is 0 Å². The second kappa shape index (κ2) is 7.80. The first-order valence-electron chi connectivity index (χ1n) is 8.13. The van der Waals surface area contributed by atoms with E-state index >= 15 is 0 Å². The molecule has 0 aliphatic rings. The van der Waals surface area contributed by atoms with Gasteiger partial charge in [-0.2, -0.15) is 4.31 Å². The van der Waals surface area contributed by atoms with Crippen molar-refractivity contribution in [3.05, 3.63) is 65.2 Å². The van der Waals surface area contributed by atoms with E-state index in [-0.39, 0.29) is 16.8 Å². The van der Waals surface area contributed by atoms with Crippen LogP contribution < -0.4 is 5.32 Å². The third-order valence-electron chi connectivity index (χ3n) is 4.07. The van der Waals surface area contributed by atoms with Gasteiger partial charge in [-0.1, -0.05) is 35.9 Å². The third kappa shape index (κ3) is 4.67. The lowest BCUT2D eigenvalue weighted by molar-refractivity contribution is 0.0950. The molecule has 6 heteroatoms. The zero-order valence-corrected chi connectivity index (χ0v) is 15.8. The fraction of sp³-hybridized carbons (Fsp3) is 0.316. The first-order valence-corrected chi connectivity index (χ1v) is 9.57. The average molecular weight is 360 g/mol. The molecule has 0 atom stereocenters. The Kier molecular flexibility index (Phi) is 5.98. The molecule has 0 aliphatic carbocycles. The molecule has 1 N–H and O–H groups in total. The predicted molar refractivity (Wildman–Crippen MR) is 98.9 cm³/mol. The van der Waals surface area contributed by atoms with Gasteiger partial charge in [0.25, 0.3) is 5.91 Å². The van der Waals surface area contributed by atoms with E-state index in [1.54, 1.807) is 26.0 Å². The van der Waals surface area contributed by atoms with Crippen molar-refractivity contribution in [2.24, 2.45) is 0 Å². The van der Waals surface area contributed by atoms with Crippen LogP contribution in [0.3, 0.4) is 0 Å². The number of amides is 1. The Hall–Kier alpha value is -2.18. The summed E-state index contributed by atoms with van der Waals surface area (Å²) in [6.07, 6.45) is 0. The molecule has 0 bridgehead atoms. The Morgan fingerprint density at radius 3 is 2.36 bits per heavy atom. The second-order valence-electron chi connectivity index (χ2n) is 6.31. The first-order chi connectivity index (χ1) is 11.7. The van der Waals surface area contributed by atoms with E-state index in [1.807, 2.05) is 31.2 Å². The second-order valence-corrected chi connectivity index (χ2v) is 8.31. The van der Waals surface area contributed by atoms with Gasteiger partial charge in [-0.15, -0.1) is 0 Å². The van der Waals surface area contributed by atoms with Crippen molar-refractivity contribution >= 4 is 15.9 Å². The van der Waals surface area contributed by atoms with Crippen LogP contribution in [0.25, 0.3) is 0 Å². The molecular formula is C19H24N2O3S. The molecule has 0 heterocycles. The molecule has 0 saturated carbocycles. The van der Waals surface area contributed by atoms with Crippen LogP contribution in [-0.2, 0) is 16.6 Å². The highest BCUT2D eigenvalue weighted by atomic mass is 32.2. The number of nitrogens with zero attached hydrogens (tertiary/aromatic N) is 1. The molecule has 0 saturated heterocycles. The lowest BCUT2D eigenvalue weighted by atomic mass is 10.1. The van der Waals surface area contributed by atoms with Gasteiger partial charge in [-0.25, -0.2) is 8.42 Å². The van der Waals surface area contributed by atoms with Crippen LogP contribution in [0.1, 0.15) is 35.3 Å². The molecule has 2 rings (SSSR count). The molecule has 5 nitrogen and oxygen atoms in total. The molecule has 2 aromatic carbocycles. The number of rotatable bonds is 6. The van der Waals surface area contributed by atoms with Gasteiger partial charge in [-0.05, 0) is 44.5 Å². The minimum Gasteiger partial charge on any atom is -0.348 e. The predicted octanol–water partition coefficient (Wildman–Crippen LogP) is 2.95. The topological polar surface area (TPSA) is 66.5 Å². The van der Waals surface area contributed by atoms with E-state index < -0.39 is 10.0 Å². The van der Waals surface area contributed by atoms with Crippen LogP contribution in [0, 0.1) is 6.92 Å². The van der Waals surface area contributed by atoms with Crippen LogP contribution in [0.15, 0.2) is 53.4 Å². The molecule has 2 aromatic rings. The zero-order valence-electron chi connectivity index (χ0n) is 15.0. The minimum atomic E-state index is -3.61. The summed E-state index contributed by atoms with van der Waals surface area (Å²) >= 11 is 0. The summed E-state index contributed by atoms with van der Waals surface area (Å²) in [6, 6.07) is 13.8. The van der Waals surface area contributed by atoms with Gasteiger partial charge in [0.15, 0.2) is 0 Å². The Morgan fingerprint density at radius 2 is 1.76 bits per heavy atom. The lowest BCUT2D eigenvalue weighted by Gasteiger charge is -2.21. The summed E-state index contributed by atoms with van der Waals surface area (Å²) in [5.41, 5.74) is 2.47. The molecule has 0 aromatic heterocycles. The number of hydrogen-bond donors (Lipinski definition) is 1. The summed E-state index contributed by atoms with van der Waals surface area (Å²) < 4.78 is 26.4. The molecule has 1 amide bonds. The molecule has 0 unspecified atom stereocenters.